The summed E-state index contributed by atoms with van der Waals surface area (Å²) in [6.07, 6.45) is 2.01. The van der Waals surface area contributed by atoms with E-state index < -0.39 is 5.92 Å². The molecule has 0 bridgehead atoms. The first kappa shape index (κ1) is 13.1. The van der Waals surface area contributed by atoms with Gasteiger partial charge in [0, 0.05) is 25.5 Å². The molecule has 18 heavy (non-hydrogen) atoms. The lowest BCUT2D eigenvalue weighted by Gasteiger charge is -2.10. The largest absolute Gasteiger partial charge is 0.292 e. The van der Waals surface area contributed by atoms with Crippen LogP contribution in [0.1, 0.15) is 47.3 Å². The summed E-state index contributed by atoms with van der Waals surface area (Å²) in [7, 11) is 0. The molecule has 1 aliphatic rings. The molecule has 0 spiro atoms. The van der Waals surface area contributed by atoms with Crippen molar-refractivity contribution in [2.24, 2.45) is 5.92 Å². The van der Waals surface area contributed by atoms with Gasteiger partial charge in [-0.25, -0.2) is 8.78 Å². The van der Waals surface area contributed by atoms with Crippen LogP contribution in [0.4, 0.5) is 8.78 Å². The van der Waals surface area contributed by atoms with Gasteiger partial charge in [-0.05, 0) is 37.3 Å². The molecule has 0 N–H and O–H groups in total. The highest BCUT2D eigenvalue weighted by Gasteiger charge is 2.40. The minimum atomic E-state index is -2.58. The lowest BCUT2D eigenvalue weighted by molar-refractivity contribution is 0.00497. The molecule has 1 heterocycles. The third-order valence-electron chi connectivity index (χ3n) is 3.46. The maximum atomic E-state index is 13.1. The zero-order valence-electron chi connectivity index (χ0n) is 10.7. The minimum Gasteiger partial charge on any atom is -0.292 e. The van der Waals surface area contributed by atoms with E-state index >= 15 is 0 Å². The Hall–Kier alpha value is -1.32. The molecule has 98 valence electrons. The molecule has 0 saturated heterocycles. The number of hydrogen-bond donors (Lipinski definition) is 0. The fourth-order valence-electron chi connectivity index (χ4n) is 2.58. The van der Waals surface area contributed by atoms with E-state index in [2.05, 4.69) is 4.98 Å². The number of carbonyl (C=O) groups excluding carboxylic acids is 1. The number of ketones is 1. The van der Waals surface area contributed by atoms with Crippen LogP contribution in [0, 0.1) is 19.8 Å². The molecule has 2 nitrogen and oxygen atoms in total. The standard InChI is InChI=1S/C14H17F2NO/c1-9-5-10(2)13(17-8-9)12(18)6-11-3-4-14(15,16)7-11/h5,8,11H,3-4,6-7H2,1-2H3. The van der Waals surface area contributed by atoms with Crippen LogP contribution in [0.5, 0.6) is 0 Å². The Morgan fingerprint density at radius 1 is 1.50 bits per heavy atom. The maximum absolute atomic E-state index is 13.1. The molecule has 0 amide bonds. The summed E-state index contributed by atoms with van der Waals surface area (Å²) < 4.78 is 26.1. The van der Waals surface area contributed by atoms with Crippen LogP contribution < -0.4 is 0 Å². The van der Waals surface area contributed by atoms with Crippen molar-refractivity contribution < 1.29 is 13.6 Å². The summed E-state index contributed by atoms with van der Waals surface area (Å²) in [4.78, 5) is 16.2. The molecule has 0 radical (unpaired) electrons. The Bertz CT molecular complexity index is 471. The van der Waals surface area contributed by atoms with Crippen LogP contribution in [0.3, 0.4) is 0 Å². The molecule has 1 aromatic rings. The number of pyridine rings is 1. The van der Waals surface area contributed by atoms with Crippen LogP contribution in [0.2, 0.25) is 0 Å². The van der Waals surface area contributed by atoms with Gasteiger partial charge in [-0.1, -0.05) is 6.07 Å². The average molecular weight is 253 g/mol. The Labute approximate surface area is 105 Å². The SMILES string of the molecule is Cc1cnc(C(=O)CC2CCC(F)(F)C2)c(C)c1. The highest BCUT2D eigenvalue weighted by molar-refractivity contribution is 5.95. The Balaban J connectivity index is 2.04. The lowest BCUT2D eigenvalue weighted by Crippen LogP contribution is -2.13. The Kier molecular flexibility index (Phi) is 3.46. The zero-order valence-corrected chi connectivity index (χ0v) is 10.7. The van der Waals surface area contributed by atoms with E-state index in [1.807, 2.05) is 19.9 Å². The number of nitrogens with zero attached hydrogens (tertiary/aromatic N) is 1. The topological polar surface area (TPSA) is 30.0 Å². The van der Waals surface area contributed by atoms with E-state index in [1.54, 1.807) is 6.20 Å². The van der Waals surface area contributed by atoms with Gasteiger partial charge >= 0.3 is 0 Å². The molecular weight excluding hydrogens is 236 g/mol. The normalized spacial score (nSPS) is 22.1. The van der Waals surface area contributed by atoms with Crippen LogP contribution >= 0.6 is 0 Å². The number of rotatable bonds is 3. The molecule has 2 rings (SSSR count). The summed E-state index contributed by atoms with van der Waals surface area (Å²) in [5.74, 6) is -2.90. The van der Waals surface area contributed by atoms with Crippen LogP contribution in [-0.2, 0) is 0 Å². The fourth-order valence-corrected chi connectivity index (χ4v) is 2.58. The van der Waals surface area contributed by atoms with E-state index in [-0.39, 0.29) is 31.0 Å². The predicted molar refractivity (Wildman–Crippen MR) is 64.9 cm³/mol. The zero-order chi connectivity index (χ0) is 13.3. The Morgan fingerprint density at radius 2 is 2.22 bits per heavy atom. The first-order valence-electron chi connectivity index (χ1n) is 6.22. The summed E-state index contributed by atoms with van der Waals surface area (Å²) in [6, 6.07) is 1.89. The van der Waals surface area contributed by atoms with Crippen molar-refractivity contribution in [2.45, 2.75) is 45.5 Å². The van der Waals surface area contributed by atoms with E-state index in [0.717, 1.165) is 11.1 Å². The predicted octanol–water partition coefficient (Wildman–Crippen LogP) is 3.71. The molecule has 1 aromatic heterocycles. The smallest absolute Gasteiger partial charge is 0.248 e. The van der Waals surface area contributed by atoms with E-state index in [0.29, 0.717) is 12.1 Å². The second-order valence-electron chi connectivity index (χ2n) is 5.27. The van der Waals surface area contributed by atoms with Crippen molar-refractivity contribution >= 4 is 5.78 Å². The summed E-state index contributed by atoms with van der Waals surface area (Å²) >= 11 is 0. The third-order valence-corrected chi connectivity index (χ3v) is 3.46. The van der Waals surface area contributed by atoms with Crippen molar-refractivity contribution in [1.82, 2.24) is 4.98 Å². The van der Waals surface area contributed by atoms with Gasteiger partial charge in [0.05, 0.1) is 0 Å². The summed E-state index contributed by atoms with van der Waals surface area (Å²) in [5.41, 5.74) is 2.25. The second-order valence-corrected chi connectivity index (χ2v) is 5.27. The van der Waals surface area contributed by atoms with E-state index in [9.17, 15) is 13.6 Å². The lowest BCUT2D eigenvalue weighted by atomic mass is 9.97. The highest BCUT2D eigenvalue weighted by Crippen LogP contribution is 2.40. The van der Waals surface area contributed by atoms with Gasteiger partial charge in [0.25, 0.3) is 0 Å². The number of carbonyl (C=O) groups is 1. The van der Waals surface area contributed by atoms with Crippen LogP contribution in [0.15, 0.2) is 12.3 Å². The van der Waals surface area contributed by atoms with Gasteiger partial charge in [-0.15, -0.1) is 0 Å². The molecule has 1 saturated carbocycles. The van der Waals surface area contributed by atoms with Gasteiger partial charge in [0.2, 0.25) is 5.92 Å². The van der Waals surface area contributed by atoms with Gasteiger partial charge in [0.1, 0.15) is 5.69 Å². The van der Waals surface area contributed by atoms with Gasteiger partial charge in [0.15, 0.2) is 5.78 Å². The van der Waals surface area contributed by atoms with Crippen LogP contribution in [0.25, 0.3) is 0 Å². The molecule has 1 aliphatic carbocycles. The first-order valence-corrected chi connectivity index (χ1v) is 6.22. The number of halogens is 2. The van der Waals surface area contributed by atoms with E-state index in [4.69, 9.17) is 0 Å². The number of aromatic nitrogens is 1. The monoisotopic (exact) mass is 253 g/mol. The van der Waals surface area contributed by atoms with Gasteiger partial charge < -0.3 is 0 Å². The highest BCUT2D eigenvalue weighted by atomic mass is 19.3. The number of hydrogen-bond acceptors (Lipinski definition) is 2. The van der Waals surface area contributed by atoms with Crippen molar-refractivity contribution in [3.05, 3.63) is 29.1 Å². The molecule has 1 fully saturated rings. The average Bonchev–Trinajstić information content (AvgIpc) is 2.57. The fraction of sp³-hybridized carbons (Fsp3) is 0.571. The number of Topliss-reactive ketones (excluding diaryl/α,β-unsaturated/α-hetero) is 1. The second kappa shape index (κ2) is 4.75. The van der Waals surface area contributed by atoms with Gasteiger partial charge in [-0.2, -0.15) is 0 Å². The molecule has 4 heteroatoms. The first-order chi connectivity index (χ1) is 8.37. The van der Waals surface area contributed by atoms with Crippen molar-refractivity contribution in [2.75, 3.05) is 0 Å². The number of alkyl halides is 2. The Morgan fingerprint density at radius 3 is 2.78 bits per heavy atom. The molecule has 0 aromatic carbocycles. The molecule has 1 unspecified atom stereocenters. The molecular formula is C14H17F2NO. The maximum Gasteiger partial charge on any atom is 0.248 e. The van der Waals surface area contributed by atoms with Crippen LogP contribution in [-0.4, -0.2) is 16.7 Å². The van der Waals surface area contributed by atoms with Crippen molar-refractivity contribution in [3.8, 4) is 0 Å². The van der Waals surface area contributed by atoms with Gasteiger partial charge in [-0.3, -0.25) is 9.78 Å². The minimum absolute atomic E-state index is 0.0920. The number of aryl methyl sites for hydroxylation is 2. The quantitative estimate of drug-likeness (QED) is 0.769. The van der Waals surface area contributed by atoms with Crippen molar-refractivity contribution in [3.63, 3.8) is 0 Å². The van der Waals surface area contributed by atoms with E-state index in [1.165, 1.54) is 0 Å². The van der Waals surface area contributed by atoms with Crippen molar-refractivity contribution in [1.29, 1.82) is 0 Å². The third kappa shape index (κ3) is 2.92. The molecule has 1 atom stereocenters. The summed E-state index contributed by atoms with van der Waals surface area (Å²) in [6.45, 7) is 3.74. The molecule has 0 aliphatic heterocycles. The summed E-state index contributed by atoms with van der Waals surface area (Å²) in [5, 5.41) is 0.